The number of aliphatic hydroxyl groups is 1. The van der Waals surface area contributed by atoms with Gasteiger partial charge in [0, 0.05) is 23.1 Å². The van der Waals surface area contributed by atoms with Crippen molar-refractivity contribution in [3.63, 3.8) is 0 Å². The molecule has 142 valence electrons. The van der Waals surface area contributed by atoms with E-state index in [0.29, 0.717) is 25.4 Å². The van der Waals surface area contributed by atoms with Crippen LogP contribution < -0.4 is 14.2 Å². The lowest BCUT2D eigenvalue weighted by atomic mass is 10.2. The van der Waals surface area contributed by atoms with Crippen LogP contribution in [0.3, 0.4) is 0 Å². The second-order valence-corrected chi connectivity index (χ2v) is 6.94. The Bertz CT molecular complexity index is 678. The van der Waals surface area contributed by atoms with Gasteiger partial charge in [-0.3, -0.25) is 4.90 Å². The van der Waals surface area contributed by atoms with E-state index in [4.69, 9.17) is 14.2 Å². The fourth-order valence-electron chi connectivity index (χ4n) is 2.63. The Balaban J connectivity index is 1.81. The number of likely N-dealkylation sites (N-methyl/N-ethyl adjacent to an activating group) is 1. The number of hydrogen-bond acceptors (Lipinski definition) is 5. The normalized spacial score (nSPS) is 12.1. The first-order valence-electron chi connectivity index (χ1n) is 8.56. The molecular formula is C20H26BrNO4. The van der Waals surface area contributed by atoms with Crippen molar-refractivity contribution in [3.05, 3.63) is 52.5 Å². The van der Waals surface area contributed by atoms with Gasteiger partial charge in [0.05, 0.1) is 13.7 Å². The molecule has 0 amide bonds. The molecule has 0 aliphatic rings. The number of ether oxygens (including phenoxy) is 3. The maximum atomic E-state index is 10.2. The molecule has 0 radical (unpaired) electrons. The molecule has 0 saturated heterocycles. The number of rotatable bonds is 10. The van der Waals surface area contributed by atoms with Crippen LogP contribution >= 0.6 is 15.9 Å². The second-order valence-electron chi connectivity index (χ2n) is 6.02. The highest BCUT2D eigenvalue weighted by Crippen LogP contribution is 2.24. The lowest BCUT2D eigenvalue weighted by molar-refractivity contribution is 0.0741. The van der Waals surface area contributed by atoms with E-state index in [2.05, 4.69) is 15.9 Å². The van der Waals surface area contributed by atoms with Crippen LogP contribution in [0, 0.1) is 0 Å². The second kappa shape index (κ2) is 10.4. The standard InChI is InChI=1S/C20H26BrNO4/c1-4-25-18-6-8-19(9-7-18)26-14-17(23)13-22(2)12-15-11-16(21)5-10-20(15)24-3/h5-11,17,23H,4,12-14H2,1-3H3. The van der Waals surface area contributed by atoms with Crippen molar-refractivity contribution in [1.82, 2.24) is 4.90 Å². The van der Waals surface area contributed by atoms with E-state index in [1.54, 1.807) is 7.11 Å². The van der Waals surface area contributed by atoms with E-state index in [9.17, 15) is 5.11 Å². The SMILES string of the molecule is CCOc1ccc(OCC(O)CN(C)Cc2cc(Br)ccc2OC)cc1. The molecule has 26 heavy (non-hydrogen) atoms. The van der Waals surface area contributed by atoms with E-state index in [0.717, 1.165) is 21.5 Å². The molecular weight excluding hydrogens is 398 g/mol. The molecule has 2 aromatic rings. The predicted octanol–water partition coefficient (Wildman–Crippen LogP) is 3.73. The fourth-order valence-corrected chi connectivity index (χ4v) is 3.04. The lowest BCUT2D eigenvalue weighted by Crippen LogP contribution is -2.32. The average molecular weight is 424 g/mol. The molecule has 0 aliphatic carbocycles. The van der Waals surface area contributed by atoms with Gasteiger partial charge in [-0.2, -0.15) is 0 Å². The Morgan fingerprint density at radius 1 is 1.08 bits per heavy atom. The van der Waals surface area contributed by atoms with Gasteiger partial charge in [0.1, 0.15) is 30.0 Å². The number of methoxy groups -OCH3 is 1. The topological polar surface area (TPSA) is 51.2 Å². The van der Waals surface area contributed by atoms with Gasteiger partial charge < -0.3 is 19.3 Å². The summed E-state index contributed by atoms with van der Waals surface area (Å²) in [5.41, 5.74) is 1.06. The Morgan fingerprint density at radius 3 is 2.35 bits per heavy atom. The highest BCUT2D eigenvalue weighted by atomic mass is 79.9. The Kier molecular flexibility index (Phi) is 8.22. The minimum atomic E-state index is -0.593. The van der Waals surface area contributed by atoms with Crippen LogP contribution in [0.2, 0.25) is 0 Å². The molecule has 5 nitrogen and oxygen atoms in total. The Morgan fingerprint density at radius 2 is 1.73 bits per heavy atom. The quantitative estimate of drug-likeness (QED) is 0.630. The third kappa shape index (κ3) is 6.52. The summed E-state index contributed by atoms with van der Waals surface area (Å²) in [6.45, 7) is 3.97. The maximum absolute atomic E-state index is 10.2. The smallest absolute Gasteiger partial charge is 0.123 e. The van der Waals surface area contributed by atoms with Crippen LogP contribution in [-0.4, -0.2) is 50.0 Å². The van der Waals surface area contributed by atoms with Crippen LogP contribution in [0.1, 0.15) is 12.5 Å². The predicted molar refractivity (Wildman–Crippen MR) is 106 cm³/mol. The molecule has 0 bridgehead atoms. The molecule has 2 aromatic carbocycles. The van der Waals surface area contributed by atoms with Crippen molar-refractivity contribution in [2.24, 2.45) is 0 Å². The number of aliphatic hydroxyl groups excluding tert-OH is 1. The maximum Gasteiger partial charge on any atom is 0.123 e. The molecule has 0 aliphatic heterocycles. The fraction of sp³-hybridized carbons (Fsp3) is 0.400. The van der Waals surface area contributed by atoms with E-state index in [-0.39, 0.29) is 6.61 Å². The minimum Gasteiger partial charge on any atom is -0.496 e. The summed E-state index contributed by atoms with van der Waals surface area (Å²) in [5, 5.41) is 10.2. The Labute approximate surface area is 163 Å². The van der Waals surface area contributed by atoms with Crippen molar-refractivity contribution in [1.29, 1.82) is 0 Å². The van der Waals surface area contributed by atoms with Gasteiger partial charge >= 0.3 is 0 Å². The Hall–Kier alpha value is -1.76. The van der Waals surface area contributed by atoms with E-state index >= 15 is 0 Å². The summed E-state index contributed by atoms with van der Waals surface area (Å²) >= 11 is 3.48. The number of nitrogens with zero attached hydrogens (tertiary/aromatic N) is 1. The van der Waals surface area contributed by atoms with E-state index in [1.165, 1.54) is 0 Å². The highest BCUT2D eigenvalue weighted by molar-refractivity contribution is 9.10. The summed E-state index contributed by atoms with van der Waals surface area (Å²) in [6, 6.07) is 13.3. The molecule has 1 unspecified atom stereocenters. The third-order valence-corrected chi connectivity index (χ3v) is 4.28. The average Bonchev–Trinajstić information content (AvgIpc) is 2.61. The first-order chi connectivity index (χ1) is 12.5. The van der Waals surface area contributed by atoms with Crippen molar-refractivity contribution in [2.75, 3.05) is 33.9 Å². The van der Waals surface area contributed by atoms with Crippen LogP contribution in [0.25, 0.3) is 0 Å². The molecule has 2 rings (SSSR count). The molecule has 1 N–H and O–H groups in total. The zero-order valence-corrected chi connectivity index (χ0v) is 17.0. The monoisotopic (exact) mass is 423 g/mol. The summed E-state index contributed by atoms with van der Waals surface area (Å²) < 4.78 is 17.4. The van der Waals surface area contributed by atoms with Gasteiger partial charge in [0.2, 0.25) is 0 Å². The van der Waals surface area contributed by atoms with Crippen LogP contribution in [0.5, 0.6) is 17.2 Å². The lowest BCUT2D eigenvalue weighted by Gasteiger charge is -2.22. The van der Waals surface area contributed by atoms with E-state index < -0.39 is 6.10 Å². The zero-order valence-electron chi connectivity index (χ0n) is 15.4. The summed E-state index contributed by atoms with van der Waals surface area (Å²) in [7, 11) is 3.62. The summed E-state index contributed by atoms with van der Waals surface area (Å²) in [5.74, 6) is 2.35. The first-order valence-corrected chi connectivity index (χ1v) is 9.35. The van der Waals surface area contributed by atoms with Gasteiger partial charge in [-0.25, -0.2) is 0 Å². The number of halogens is 1. The molecule has 0 heterocycles. The molecule has 6 heteroatoms. The van der Waals surface area contributed by atoms with Crippen LogP contribution in [0.15, 0.2) is 46.9 Å². The van der Waals surface area contributed by atoms with Gasteiger partial charge in [0.15, 0.2) is 0 Å². The summed E-state index contributed by atoms with van der Waals surface area (Å²) in [4.78, 5) is 2.04. The van der Waals surface area contributed by atoms with E-state index in [1.807, 2.05) is 61.3 Å². The highest BCUT2D eigenvalue weighted by Gasteiger charge is 2.12. The van der Waals surface area contributed by atoms with Crippen molar-refractivity contribution >= 4 is 15.9 Å². The zero-order chi connectivity index (χ0) is 18.9. The van der Waals surface area contributed by atoms with Crippen molar-refractivity contribution in [3.8, 4) is 17.2 Å². The van der Waals surface area contributed by atoms with Gasteiger partial charge in [-0.1, -0.05) is 15.9 Å². The first kappa shape index (κ1) is 20.6. The van der Waals surface area contributed by atoms with Crippen LogP contribution in [0.4, 0.5) is 0 Å². The van der Waals surface area contributed by atoms with Gasteiger partial charge in [0.25, 0.3) is 0 Å². The minimum absolute atomic E-state index is 0.230. The number of hydrogen-bond donors (Lipinski definition) is 1. The molecule has 0 fully saturated rings. The van der Waals surface area contributed by atoms with Crippen molar-refractivity contribution < 1.29 is 19.3 Å². The third-order valence-electron chi connectivity index (χ3n) is 3.78. The van der Waals surface area contributed by atoms with Gasteiger partial charge in [-0.05, 0) is 56.4 Å². The molecule has 0 spiro atoms. The molecule has 0 aromatic heterocycles. The number of benzene rings is 2. The summed E-state index contributed by atoms with van der Waals surface area (Å²) in [6.07, 6.45) is -0.593. The van der Waals surface area contributed by atoms with Crippen molar-refractivity contribution in [2.45, 2.75) is 19.6 Å². The van der Waals surface area contributed by atoms with Crippen LogP contribution in [-0.2, 0) is 6.54 Å². The molecule has 0 saturated carbocycles. The molecule has 1 atom stereocenters. The largest absolute Gasteiger partial charge is 0.496 e. The van der Waals surface area contributed by atoms with Gasteiger partial charge in [-0.15, -0.1) is 0 Å².